The van der Waals surface area contributed by atoms with E-state index >= 15 is 0 Å². The van der Waals surface area contributed by atoms with Crippen molar-refractivity contribution in [3.05, 3.63) is 40.1 Å². The zero-order chi connectivity index (χ0) is 14.5. The van der Waals surface area contributed by atoms with Gasteiger partial charge in [-0.1, -0.05) is 30.5 Å². The molecule has 0 aromatic heterocycles. The van der Waals surface area contributed by atoms with Gasteiger partial charge in [0.2, 0.25) is 0 Å². The van der Waals surface area contributed by atoms with Gasteiger partial charge >= 0.3 is 0 Å². The molecule has 1 saturated carbocycles. The molecule has 1 spiro atoms. The summed E-state index contributed by atoms with van der Waals surface area (Å²) in [4.78, 5) is 12.4. The summed E-state index contributed by atoms with van der Waals surface area (Å²) < 4.78 is 0. The number of benzene rings is 1. The Labute approximate surface area is 119 Å². The Morgan fingerprint density at radius 3 is 2.20 bits per heavy atom. The topological polar surface area (TPSA) is 49.3 Å². The van der Waals surface area contributed by atoms with E-state index in [0.29, 0.717) is 5.57 Å². The van der Waals surface area contributed by atoms with E-state index in [0.717, 1.165) is 42.4 Å². The number of rotatable bonds is 1. The fourth-order valence-corrected chi connectivity index (χ4v) is 3.83. The molecule has 0 atom stereocenters. The van der Waals surface area contributed by atoms with Crippen LogP contribution in [-0.4, -0.2) is 16.6 Å². The molecule has 3 nitrogen and oxygen atoms in total. The van der Waals surface area contributed by atoms with E-state index in [9.17, 15) is 9.90 Å². The highest BCUT2D eigenvalue weighted by molar-refractivity contribution is 6.24. The van der Waals surface area contributed by atoms with E-state index in [1.54, 1.807) is 0 Å². The number of amides is 1. The Morgan fingerprint density at radius 1 is 1.10 bits per heavy atom. The second-order valence-electron chi connectivity index (χ2n) is 6.24. The standard InChI is InChI=1S/C17H21NO2/c1-10-8-11(2)13(12(3)9-10)14-15(19)17(18-16(14)20)6-4-5-7-17/h8-9,19H,4-7H2,1-3H3,(H,18,20). The highest BCUT2D eigenvalue weighted by Gasteiger charge is 2.47. The number of nitrogens with one attached hydrogen (secondary N) is 1. The summed E-state index contributed by atoms with van der Waals surface area (Å²) in [5.74, 6) is 0.134. The molecule has 0 bridgehead atoms. The molecule has 20 heavy (non-hydrogen) atoms. The lowest BCUT2D eigenvalue weighted by Gasteiger charge is -2.23. The van der Waals surface area contributed by atoms with Gasteiger partial charge in [0.1, 0.15) is 5.76 Å². The third-order valence-corrected chi connectivity index (χ3v) is 4.65. The molecule has 2 N–H and O–H groups in total. The molecule has 0 saturated heterocycles. The normalized spacial score (nSPS) is 20.9. The van der Waals surface area contributed by atoms with Crippen molar-refractivity contribution in [1.82, 2.24) is 5.32 Å². The number of aliphatic hydroxyl groups is 1. The van der Waals surface area contributed by atoms with Crippen LogP contribution in [0.15, 0.2) is 17.9 Å². The fourth-order valence-electron chi connectivity index (χ4n) is 3.83. The summed E-state index contributed by atoms with van der Waals surface area (Å²) in [6.07, 6.45) is 3.81. The highest BCUT2D eigenvalue weighted by Crippen LogP contribution is 2.43. The van der Waals surface area contributed by atoms with E-state index in [-0.39, 0.29) is 11.7 Å². The van der Waals surface area contributed by atoms with Crippen LogP contribution in [0.25, 0.3) is 5.57 Å². The zero-order valence-electron chi connectivity index (χ0n) is 12.3. The molecule has 1 aliphatic heterocycles. The van der Waals surface area contributed by atoms with Crippen molar-refractivity contribution in [2.24, 2.45) is 0 Å². The largest absolute Gasteiger partial charge is 0.509 e. The Balaban J connectivity index is 2.19. The Morgan fingerprint density at radius 2 is 1.65 bits per heavy atom. The number of hydrogen-bond acceptors (Lipinski definition) is 2. The van der Waals surface area contributed by atoms with Crippen LogP contribution in [0, 0.1) is 20.8 Å². The van der Waals surface area contributed by atoms with Gasteiger partial charge in [0.15, 0.2) is 0 Å². The summed E-state index contributed by atoms with van der Waals surface area (Å²) in [6.45, 7) is 6.05. The van der Waals surface area contributed by atoms with Crippen LogP contribution >= 0.6 is 0 Å². The van der Waals surface area contributed by atoms with Crippen molar-refractivity contribution in [1.29, 1.82) is 0 Å². The molecule has 1 heterocycles. The lowest BCUT2D eigenvalue weighted by Crippen LogP contribution is -2.41. The van der Waals surface area contributed by atoms with Gasteiger partial charge in [-0.05, 0) is 50.3 Å². The van der Waals surface area contributed by atoms with Gasteiger partial charge in [-0.15, -0.1) is 0 Å². The van der Waals surface area contributed by atoms with Gasteiger partial charge in [-0.3, -0.25) is 4.79 Å². The van der Waals surface area contributed by atoms with Crippen LogP contribution in [0.1, 0.15) is 47.9 Å². The van der Waals surface area contributed by atoms with E-state index in [2.05, 4.69) is 17.4 Å². The maximum absolute atomic E-state index is 12.4. The molecule has 2 aliphatic rings. The molecule has 3 rings (SSSR count). The minimum Gasteiger partial charge on any atom is -0.509 e. The van der Waals surface area contributed by atoms with Crippen LogP contribution in [0.5, 0.6) is 0 Å². The average Bonchev–Trinajstić information content (AvgIpc) is 2.89. The molecule has 0 radical (unpaired) electrons. The van der Waals surface area contributed by atoms with Crippen LogP contribution in [0.4, 0.5) is 0 Å². The zero-order valence-corrected chi connectivity index (χ0v) is 12.3. The molecular weight excluding hydrogens is 250 g/mol. The Bertz CT molecular complexity index is 599. The smallest absolute Gasteiger partial charge is 0.256 e. The van der Waals surface area contributed by atoms with Gasteiger partial charge in [0.05, 0.1) is 11.1 Å². The predicted molar refractivity (Wildman–Crippen MR) is 79.5 cm³/mol. The van der Waals surface area contributed by atoms with E-state index in [4.69, 9.17) is 0 Å². The number of hydrogen-bond donors (Lipinski definition) is 2. The second-order valence-corrected chi connectivity index (χ2v) is 6.24. The predicted octanol–water partition coefficient (Wildman–Crippen LogP) is 3.32. The van der Waals surface area contributed by atoms with Crippen molar-refractivity contribution in [3.8, 4) is 0 Å². The van der Waals surface area contributed by atoms with Crippen molar-refractivity contribution in [3.63, 3.8) is 0 Å². The molecule has 0 unspecified atom stereocenters. The van der Waals surface area contributed by atoms with Crippen LogP contribution in [0.2, 0.25) is 0 Å². The number of carbonyl (C=O) groups is 1. The molecule has 1 amide bonds. The van der Waals surface area contributed by atoms with Crippen molar-refractivity contribution < 1.29 is 9.90 Å². The maximum atomic E-state index is 12.4. The Hall–Kier alpha value is -1.77. The van der Waals surface area contributed by atoms with Crippen molar-refractivity contribution >= 4 is 11.5 Å². The van der Waals surface area contributed by atoms with E-state index in [1.165, 1.54) is 5.56 Å². The first kappa shape index (κ1) is 13.2. The lowest BCUT2D eigenvalue weighted by molar-refractivity contribution is -0.116. The summed E-state index contributed by atoms with van der Waals surface area (Å²) in [5, 5.41) is 13.7. The first-order chi connectivity index (χ1) is 9.44. The molecule has 3 heteroatoms. The first-order valence-electron chi connectivity index (χ1n) is 7.29. The fraction of sp³-hybridized carbons (Fsp3) is 0.471. The first-order valence-corrected chi connectivity index (χ1v) is 7.29. The molecule has 1 aliphatic carbocycles. The highest BCUT2D eigenvalue weighted by atomic mass is 16.3. The summed E-state index contributed by atoms with van der Waals surface area (Å²) in [5.41, 5.74) is 4.17. The summed E-state index contributed by atoms with van der Waals surface area (Å²) in [6, 6.07) is 4.13. The Kier molecular flexibility index (Phi) is 2.89. The van der Waals surface area contributed by atoms with Crippen molar-refractivity contribution in [2.75, 3.05) is 0 Å². The van der Waals surface area contributed by atoms with Crippen LogP contribution in [-0.2, 0) is 4.79 Å². The lowest BCUT2D eigenvalue weighted by atomic mass is 9.90. The number of aryl methyl sites for hydroxylation is 3. The minimum absolute atomic E-state index is 0.126. The van der Waals surface area contributed by atoms with E-state index in [1.807, 2.05) is 20.8 Å². The third-order valence-electron chi connectivity index (χ3n) is 4.65. The van der Waals surface area contributed by atoms with E-state index < -0.39 is 5.54 Å². The van der Waals surface area contributed by atoms with Gasteiger partial charge in [0, 0.05) is 0 Å². The van der Waals surface area contributed by atoms with Gasteiger partial charge in [-0.25, -0.2) is 0 Å². The van der Waals surface area contributed by atoms with Gasteiger partial charge < -0.3 is 10.4 Å². The monoisotopic (exact) mass is 271 g/mol. The second kappa shape index (κ2) is 4.37. The quantitative estimate of drug-likeness (QED) is 0.823. The maximum Gasteiger partial charge on any atom is 0.256 e. The van der Waals surface area contributed by atoms with Crippen LogP contribution in [0.3, 0.4) is 0 Å². The minimum atomic E-state index is -0.490. The average molecular weight is 271 g/mol. The van der Waals surface area contributed by atoms with Gasteiger partial charge in [0.25, 0.3) is 5.91 Å². The molecular formula is C17H21NO2. The molecule has 1 aromatic rings. The SMILES string of the molecule is Cc1cc(C)c(C2=C(O)C3(CCCC3)NC2=O)c(C)c1. The summed E-state index contributed by atoms with van der Waals surface area (Å²) in [7, 11) is 0. The molecule has 106 valence electrons. The number of aliphatic hydroxyl groups excluding tert-OH is 1. The van der Waals surface area contributed by atoms with Crippen molar-refractivity contribution in [2.45, 2.75) is 52.0 Å². The van der Waals surface area contributed by atoms with Crippen LogP contribution < -0.4 is 5.32 Å². The third kappa shape index (κ3) is 1.76. The number of carbonyl (C=O) groups excluding carboxylic acids is 1. The molecule has 1 fully saturated rings. The van der Waals surface area contributed by atoms with Gasteiger partial charge in [-0.2, -0.15) is 0 Å². The summed E-state index contributed by atoms with van der Waals surface area (Å²) >= 11 is 0. The molecule has 1 aromatic carbocycles.